The summed E-state index contributed by atoms with van der Waals surface area (Å²) in [5.74, 6) is -0.874. The van der Waals surface area contributed by atoms with Crippen LogP contribution in [0.5, 0.6) is 0 Å². The molecule has 2 aromatic carbocycles. The number of thiol groups is 1. The van der Waals surface area contributed by atoms with Gasteiger partial charge < -0.3 is 9.67 Å². The van der Waals surface area contributed by atoms with Crippen LogP contribution < -0.4 is 0 Å². The summed E-state index contributed by atoms with van der Waals surface area (Å²) >= 11 is 4.48. The van der Waals surface area contributed by atoms with Gasteiger partial charge in [0.2, 0.25) is 0 Å². The Hall–Kier alpha value is -2.20. The zero-order valence-corrected chi connectivity index (χ0v) is 15.2. The van der Waals surface area contributed by atoms with Crippen molar-refractivity contribution in [3.63, 3.8) is 0 Å². The van der Waals surface area contributed by atoms with E-state index in [2.05, 4.69) is 49.4 Å². The van der Waals surface area contributed by atoms with Crippen molar-refractivity contribution in [1.82, 2.24) is 4.57 Å². The first-order valence-corrected chi connectivity index (χ1v) is 8.34. The Kier molecular flexibility index (Phi) is 4.18. The van der Waals surface area contributed by atoms with Gasteiger partial charge in [-0.2, -0.15) is 0 Å². The minimum absolute atomic E-state index is 0.378. The van der Waals surface area contributed by atoms with Gasteiger partial charge in [-0.3, -0.25) is 0 Å². The van der Waals surface area contributed by atoms with Crippen LogP contribution in [0.4, 0.5) is 0 Å². The number of nitrogens with zero attached hydrogens (tertiary/aromatic N) is 1. The zero-order valence-electron chi connectivity index (χ0n) is 14.3. The fourth-order valence-electron chi connectivity index (χ4n) is 3.39. The number of fused-ring (bicyclic) bond motifs is 1. The number of hydrogen-bond acceptors (Lipinski definition) is 2. The average Bonchev–Trinajstić information content (AvgIpc) is 2.80. The molecule has 1 N–H and O–H groups in total. The molecule has 0 radical (unpaired) electrons. The molecule has 0 unspecified atom stereocenters. The van der Waals surface area contributed by atoms with Crippen LogP contribution >= 0.6 is 12.6 Å². The number of aromatic carboxylic acids is 1. The lowest BCUT2D eigenvalue weighted by atomic mass is 9.94. The largest absolute Gasteiger partial charge is 0.478 e. The molecule has 1 aromatic heterocycles. The van der Waals surface area contributed by atoms with Gasteiger partial charge in [-0.15, -0.1) is 12.6 Å². The van der Waals surface area contributed by atoms with Crippen molar-refractivity contribution in [3.8, 4) is 0 Å². The number of carbonyl (C=O) groups is 1. The van der Waals surface area contributed by atoms with E-state index in [1.54, 1.807) is 6.07 Å². The van der Waals surface area contributed by atoms with Crippen LogP contribution in [0.15, 0.2) is 35.2 Å². The van der Waals surface area contributed by atoms with Gasteiger partial charge >= 0.3 is 5.97 Å². The van der Waals surface area contributed by atoms with Crippen molar-refractivity contribution in [2.45, 2.75) is 32.1 Å². The van der Waals surface area contributed by atoms with Gasteiger partial charge in [0, 0.05) is 35.0 Å². The van der Waals surface area contributed by atoms with E-state index < -0.39 is 5.97 Å². The number of hydrogen-bond donors (Lipinski definition) is 2. The Labute approximate surface area is 147 Å². The van der Waals surface area contributed by atoms with Crippen LogP contribution in [0, 0.1) is 20.8 Å². The summed E-state index contributed by atoms with van der Waals surface area (Å²) in [5, 5.41) is 10.6. The van der Waals surface area contributed by atoms with Gasteiger partial charge in [-0.05, 0) is 67.3 Å². The van der Waals surface area contributed by atoms with E-state index in [0.29, 0.717) is 12.0 Å². The number of rotatable bonds is 3. The third-order valence-electron chi connectivity index (χ3n) is 4.87. The highest BCUT2D eigenvalue weighted by Crippen LogP contribution is 2.28. The lowest BCUT2D eigenvalue weighted by molar-refractivity contribution is 0.0696. The lowest BCUT2D eigenvalue weighted by Gasteiger charge is -2.13. The molecule has 0 saturated heterocycles. The van der Waals surface area contributed by atoms with Crippen molar-refractivity contribution in [3.05, 3.63) is 63.8 Å². The van der Waals surface area contributed by atoms with Crippen molar-refractivity contribution in [1.29, 1.82) is 0 Å². The van der Waals surface area contributed by atoms with Crippen LogP contribution in [-0.2, 0) is 13.5 Å². The molecule has 0 aliphatic carbocycles. The van der Waals surface area contributed by atoms with E-state index in [9.17, 15) is 9.90 Å². The van der Waals surface area contributed by atoms with Gasteiger partial charge in [0.25, 0.3) is 0 Å². The first kappa shape index (κ1) is 16.7. The quantitative estimate of drug-likeness (QED) is 0.680. The minimum atomic E-state index is -0.874. The summed E-state index contributed by atoms with van der Waals surface area (Å²) in [6.45, 7) is 6.02. The third kappa shape index (κ3) is 2.71. The number of carboxylic acid groups (broad SMARTS) is 1. The summed E-state index contributed by atoms with van der Waals surface area (Å²) in [5.41, 5.74) is 6.95. The molecule has 3 nitrogen and oxygen atoms in total. The highest BCUT2D eigenvalue weighted by atomic mass is 32.1. The zero-order chi connectivity index (χ0) is 17.6. The first-order chi connectivity index (χ1) is 11.3. The fraction of sp³-hybridized carbons (Fsp3) is 0.250. The average molecular weight is 339 g/mol. The predicted octanol–water partition coefficient (Wildman–Crippen LogP) is 4.68. The Bertz CT molecular complexity index is 970. The van der Waals surface area contributed by atoms with E-state index in [0.717, 1.165) is 27.1 Å². The SMILES string of the molecule is Cc1ccc(C(=O)O)c(C)c1Cc1cc2c(C)cc(S)cc2n1C. The van der Waals surface area contributed by atoms with E-state index in [1.807, 2.05) is 19.9 Å². The Morgan fingerprint density at radius 1 is 1.12 bits per heavy atom. The maximum absolute atomic E-state index is 11.4. The van der Waals surface area contributed by atoms with E-state index in [-0.39, 0.29) is 0 Å². The molecule has 3 aromatic rings. The molecule has 3 rings (SSSR count). The molecule has 0 aliphatic heterocycles. The van der Waals surface area contributed by atoms with Gasteiger partial charge in [0.15, 0.2) is 0 Å². The molecule has 0 bridgehead atoms. The number of aromatic nitrogens is 1. The summed E-state index contributed by atoms with van der Waals surface area (Å²) in [6.07, 6.45) is 0.714. The second-order valence-electron chi connectivity index (χ2n) is 6.41. The van der Waals surface area contributed by atoms with Crippen LogP contribution in [0.2, 0.25) is 0 Å². The Balaban J connectivity index is 2.14. The van der Waals surface area contributed by atoms with Gasteiger partial charge in [-0.1, -0.05) is 6.07 Å². The number of aryl methyl sites for hydroxylation is 3. The maximum atomic E-state index is 11.4. The van der Waals surface area contributed by atoms with Crippen molar-refractivity contribution >= 4 is 29.5 Å². The van der Waals surface area contributed by atoms with E-state index in [1.165, 1.54) is 16.6 Å². The number of carboxylic acids is 1. The molecule has 0 aliphatic rings. The lowest BCUT2D eigenvalue weighted by Crippen LogP contribution is -2.06. The normalized spacial score (nSPS) is 11.2. The minimum Gasteiger partial charge on any atom is -0.478 e. The molecule has 0 amide bonds. The standard InChI is InChI=1S/C20H21NO2S/c1-11-5-6-16(20(22)23)13(3)17(11)8-14-9-18-12(2)7-15(24)10-19(18)21(14)4/h5-7,9-10,24H,8H2,1-4H3,(H,22,23). The van der Waals surface area contributed by atoms with Crippen LogP contribution in [0.1, 0.15) is 38.3 Å². The Morgan fingerprint density at radius 2 is 1.83 bits per heavy atom. The van der Waals surface area contributed by atoms with E-state index in [4.69, 9.17) is 0 Å². The van der Waals surface area contributed by atoms with E-state index >= 15 is 0 Å². The maximum Gasteiger partial charge on any atom is 0.335 e. The second kappa shape index (κ2) is 6.02. The predicted molar refractivity (Wildman–Crippen MR) is 101 cm³/mol. The molecule has 0 saturated carbocycles. The van der Waals surface area contributed by atoms with Gasteiger partial charge in [0.05, 0.1) is 5.56 Å². The summed E-state index contributed by atoms with van der Waals surface area (Å²) < 4.78 is 2.17. The molecular formula is C20H21NO2S. The Morgan fingerprint density at radius 3 is 2.50 bits per heavy atom. The van der Waals surface area contributed by atoms with Gasteiger partial charge in [0.1, 0.15) is 0 Å². The monoisotopic (exact) mass is 339 g/mol. The summed E-state index contributed by atoms with van der Waals surface area (Å²) in [4.78, 5) is 12.4. The van der Waals surface area contributed by atoms with Crippen molar-refractivity contribution in [2.24, 2.45) is 7.05 Å². The summed E-state index contributed by atoms with van der Waals surface area (Å²) in [7, 11) is 2.05. The van der Waals surface area contributed by atoms with Crippen molar-refractivity contribution in [2.75, 3.05) is 0 Å². The van der Waals surface area contributed by atoms with Crippen molar-refractivity contribution < 1.29 is 9.90 Å². The van der Waals surface area contributed by atoms with Crippen LogP contribution in [-0.4, -0.2) is 15.6 Å². The molecular weight excluding hydrogens is 318 g/mol. The molecule has 1 heterocycles. The molecule has 124 valence electrons. The van der Waals surface area contributed by atoms with Crippen LogP contribution in [0.25, 0.3) is 10.9 Å². The topological polar surface area (TPSA) is 42.2 Å². The second-order valence-corrected chi connectivity index (χ2v) is 6.92. The fourth-order valence-corrected chi connectivity index (χ4v) is 3.71. The smallest absolute Gasteiger partial charge is 0.335 e. The first-order valence-electron chi connectivity index (χ1n) is 7.90. The molecule has 24 heavy (non-hydrogen) atoms. The van der Waals surface area contributed by atoms with Crippen LogP contribution in [0.3, 0.4) is 0 Å². The molecule has 0 spiro atoms. The van der Waals surface area contributed by atoms with Gasteiger partial charge in [-0.25, -0.2) is 4.79 Å². The molecule has 4 heteroatoms. The molecule has 0 fully saturated rings. The molecule has 0 atom stereocenters. The summed E-state index contributed by atoms with van der Waals surface area (Å²) in [6, 6.07) is 9.92. The highest BCUT2D eigenvalue weighted by molar-refractivity contribution is 7.80. The highest BCUT2D eigenvalue weighted by Gasteiger charge is 2.15. The third-order valence-corrected chi connectivity index (χ3v) is 5.13. The number of benzene rings is 2.